The van der Waals surface area contributed by atoms with Crippen LogP contribution in [-0.2, 0) is 17.4 Å². The van der Waals surface area contributed by atoms with Crippen LogP contribution in [0.5, 0.6) is 5.75 Å². The van der Waals surface area contributed by atoms with Crippen molar-refractivity contribution in [2.24, 2.45) is 0 Å². The van der Waals surface area contributed by atoms with Crippen LogP contribution in [0.15, 0.2) is 66.7 Å². The van der Waals surface area contributed by atoms with Gasteiger partial charge in [-0.1, -0.05) is 24.3 Å². The maximum atomic E-state index is 13.8. The van der Waals surface area contributed by atoms with E-state index in [9.17, 15) is 27.2 Å². The fraction of sp³-hybridized carbons (Fsp3) is 0.125. The number of nitrogens with one attached hydrogen (secondary N) is 2. The van der Waals surface area contributed by atoms with E-state index in [1.54, 1.807) is 12.1 Å². The van der Waals surface area contributed by atoms with Crippen LogP contribution in [0.3, 0.4) is 0 Å². The first-order valence-corrected chi connectivity index (χ1v) is 9.83. The van der Waals surface area contributed by atoms with Gasteiger partial charge in [-0.15, -0.1) is 0 Å². The van der Waals surface area contributed by atoms with Crippen molar-refractivity contribution >= 4 is 23.2 Å². The van der Waals surface area contributed by atoms with Crippen LogP contribution in [-0.4, -0.2) is 18.4 Å². The standard InChI is InChI=1S/C24H17F4N3O3/c25-20-4-2-1-3-18(20)23(33)30-16-7-10-21(19(13-16)24(26,27)28)31-22(32)14-34-17-8-5-15(6-9-17)11-12-29/h1-10,13H,11,14H2,(H,30,33)(H,31,32). The van der Waals surface area contributed by atoms with Crippen LogP contribution in [0.2, 0.25) is 0 Å². The van der Waals surface area contributed by atoms with E-state index in [0.29, 0.717) is 11.8 Å². The number of amides is 2. The molecule has 6 nitrogen and oxygen atoms in total. The highest BCUT2D eigenvalue weighted by atomic mass is 19.4. The molecule has 0 atom stereocenters. The molecule has 174 valence electrons. The zero-order valence-electron chi connectivity index (χ0n) is 17.4. The molecule has 0 fully saturated rings. The highest BCUT2D eigenvalue weighted by Gasteiger charge is 2.34. The molecule has 0 heterocycles. The van der Waals surface area contributed by atoms with E-state index in [4.69, 9.17) is 10.00 Å². The summed E-state index contributed by atoms with van der Waals surface area (Å²) in [6, 6.07) is 16.1. The Morgan fingerprint density at radius 3 is 2.32 bits per heavy atom. The van der Waals surface area contributed by atoms with E-state index in [2.05, 4.69) is 10.6 Å². The number of alkyl halides is 3. The fourth-order valence-electron chi connectivity index (χ4n) is 2.94. The monoisotopic (exact) mass is 471 g/mol. The van der Waals surface area contributed by atoms with Gasteiger partial charge in [-0.3, -0.25) is 9.59 Å². The van der Waals surface area contributed by atoms with Gasteiger partial charge >= 0.3 is 6.18 Å². The molecule has 0 spiro atoms. The van der Waals surface area contributed by atoms with E-state index in [0.717, 1.165) is 23.8 Å². The molecule has 3 rings (SSSR count). The molecule has 0 bridgehead atoms. The summed E-state index contributed by atoms with van der Waals surface area (Å²) in [5.74, 6) is -2.27. The van der Waals surface area contributed by atoms with E-state index in [1.807, 2.05) is 6.07 Å². The number of halogens is 4. The van der Waals surface area contributed by atoms with Crippen molar-refractivity contribution in [1.82, 2.24) is 0 Å². The Hall–Kier alpha value is -4.39. The number of anilines is 2. The molecule has 2 N–H and O–H groups in total. The lowest BCUT2D eigenvalue weighted by molar-refractivity contribution is -0.137. The van der Waals surface area contributed by atoms with E-state index in [1.165, 1.54) is 30.3 Å². The molecule has 0 aliphatic carbocycles. The maximum absolute atomic E-state index is 13.8. The Labute approximate surface area is 191 Å². The predicted octanol–water partition coefficient (Wildman–Crippen LogP) is 5.18. The zero-order valence-corrected chi connectivity index (χ0v) is 17.4. The van der Waals surface area contributed by atoms with Gasteiger partial charge in [0.2, 0.25) is 0 Å². The van der Waals surface area contributed by atoms with Crippen LogP contribution in [0.4, 0.5) is 28.9 Å². The molecule has 3 aromatic carbocycles. The van der Waals surface area contributed by atoms with Gasteiger partial charge in [0.25, 0.3) is 11.8 Å². The quantitative estimate of drug-likeness (QED) is 0.465. The second-order valence-electron chi connectivity index (χ2n) is 7.01. The van der Waals surface area contributed by atoms with Gasteiger partial charge in [-0.05, 0) is 48.0 Å². The molecule has 2 amide bonds. The summed E-state index contributed by atoms with van der Waals surface area (Å²) in [5, 5.41) is 13.0. The van der Waals surface area contributed by atoms with Gasteiger partial charge in [0.15, 0.2) is 6.61 Å². The smallest absolute Gasteiger partial charge is 0.418 e. The number of carbonyl (C=O) groups excluding carboxylic acids is 2. The number of rotatable bonds is 7. The number of hydrogen-bond acceptors (Lipinski definition) is 4. The molecule has 0 aliphatic rings. The van der Waals surface area contributed by atoms with Crippen molar-refractivity contribution in [1.29, 1.82) is 5.26 Å². The first kappa shape index (κ1) is 24.3. The van der Waals surface area contributed by atoms with Crippen LogP contribution < -0.4 is 15.4 Å². The molecule has 0 saturated heterocycles. The minimum absolute atomic E-state index is 0.206. The van der Waals surface area contributed by atoms with Gasteiger partial charge in [0, 0.05) is 5.69 Å². The van der Waals surface area contributed by atoms with Gasteiger partial charge in [0.05, 0.1) is 29.3 Å². The number of ether oxygens (including phenoxy) is 1. The number of nitriles is 1. The summed E-state index contributed by atoms with van der Waals surface area (Å²) in [6.45, 7) is -0.555. The van der Waals surface area contributed by atoms with Crippen LogP contribution in [0.25, 0.3) is 0 Å². The van der Waals surface area contributed by atoms with Crippen LogP contribution >= 0.6 is 0 Å². The van der Waals surface area contributed by atoms with Crippen molar-refractivity contribution in [3.8, 4) is 11.8 Å². The van der Waals surface area contributed by atoms with Crippen molar-refractivity contribution in [2.45, 2.75) is 12.6 Å². The van der Waals surface area contributed by atoms with Crippen molar-refractivity contribution < 1.29 is 31.9 Å². The SMILES string of the molecule is N#CCc1ccc(OCC(=O)Nc2ccc(NC(=O)c3ccccc3F)cc2C(F)(F)F)cc1. The summed E-state index contributed by atoms with van der Waals surface area (Å²) in [5.41, 5.74) is -1.54. The number of benzene rings is 3. The van der Waals surface area contributed by atoms with Gasteiger partial charge in [-0.2, -0.15) is 18.4 Å². The Morgan fingerprint density at radius 1 is 0.971 bits per heavy atom. The van der Waals surface area contributed by atoms with Crippen molar-refractivity contribution in [2.75, 3.05) is 17.2 Å². The van der Waals surface area contributed by atoms with Crippen LogP contribution in [0.1, 0.15) is 21.5 Å². The Balaban J connectivity index is 1.70. The number of carbonyl (C=O) groups is 2. The first-order chi connectivity index (χ1) is 16.2. The molecule has 10 heteroatoms. The second-order valence-corrected chi connectivity index (χ2v) is 7.01. The first-order valence-electron chi connectivity index (χ1n) is 9.83. The van der Waals surface area contributed by atoms with Crippen molar-refractivity contribution in [3.05, 3.63) is 89.2 Å². The minimum Gasteiger partial charge on any atom is -0.484 e. The number of hydrogen-bond donors (Lipinski definition) is 2. The highest BCUT2D eigenvalue weighted by Crippen LogP contribution is 2.36. The predicted molar refractivity (Wildman–Crippen MR) is 116 cm³/mol. The molecular formula is C24H17F4N3O3. The topological polar surface area (TPSA) is 91.2 Å². The molecule has 34 heavy (non-hydrogen) atoms. The normalized spacial score (nSPS) is 10.8. The van der Waals surface area contributed by atoms with Gasteiger partial charge in [0.1, 0.15) is 11.6 Å². The lowest BCUT2D eigenvalue weighted by Gasteiger charge is -2.16. The van der Waals surface area contributed by atoms with E-state index >= 15 is 0 Å². The summed E-state index contributed by atoms with van der Waals surface area (Å²) in [7, 11) is 0. The van der Waals surface area contributed by atoms with E-state index in [-0.39, 0.29) is 17.7 Å². The lowest BCUT2D eigenvalue weighted by Crippen LogP contribution is -2.22. The van der Waals surface area contributed by atoms with Gasteiger partial charge < -0.3 is 15.4 Å². The average Bonchev–Trinajstić information content (AvgIpc) is 2.79. The lowest BCUT2D eigenvalue weighted by atomic mass is 10.1. The molecule has 0 radical (unpaired) electrons. The number of nitrogens with zero attached hydrogens (tertiary/aromatic N) is 1. The summed E-state index contributed by atoms with van der Waals surface area (Å²) >= 11 is 0. The molecular weight excluding hydrogens is 454 g/mol. The molecule has 0 aliphatic heterocycles. The molecule has 0 saturated carbocycles. The molecule has 3 aromatic rings. The second kappa shape index (κ2) is 10.5. The van der Waals surface area contributed by atoms with Gasteiger partial charge in [-0.25, -0.2) is 4.39 Å². The van der Waals surface area contributed by atoms with Crippen molar-refractivity contribution in [3.63, 3.8) is 0 Å². The largest absolute Gasteiger partial charge is 0.484 e. The summed E-state index contributed by atoms with van der Waals surface area (Å²) < 4.78 is 59.8. The Kier molecular flexibility index (Phi) is 7.48. The molecule has 0 aromatic heterocycles. The fourth-order valence-corrected chi connectivity index (χ4v) is 2.94. The minimum atomic E-state index is -4.85. The maximum Gasteiger partial charge on any atom is 0.418 e. The Bertz CT molecular complexity index is 1240. The third-order valence-corrected chi connectivity index (χ3v) is 4.55. The van der Waals surface area contributed by atoms with Crippen LogP contribution in [0, 0.1) is 17.1 Å². The summed E-state index contributed by atoms with van der Waals surface area (Å²) in [6.07, 6.45) is -4.64. The zero-order chi connectivity index (χ0) is 24.7. The average molecular weight is 471 g/mol. The third kappa shape index (κ3) is 6.32. The summed E-state index contributed by atoms with van der Waals surface area (Å²) in [4.78, 5) is 24.4. The Morgan fingerprint density at radius 2 is 1.68 bits per heavy atom. The third-order valence-electron chi connectivity index (χ3n) is 4.55. The highest BCUT2D eigenvalue weighted by molar-refractivity contribution is 6.04. The molecule has 0 unspecified atom stereocenters. The van der Waals surface area contributed by atoms with E-state index < -0.39 is 41.7 Å².